The minimum absolute atomic E-state index is 0.0332. The second kappa shape index (κ2) is 6.00. The van der Waals surface area contributed by atoms with Crippen molar-refractivity contribution in [1.82, 2.24) is 4.90 Å². The molecule has 0 aromatic rings. The van der Waals surface area contributed by atoms with Gasteiger partial charge in [-0.3, -0.25) is 4.90 Å². The normalized spacial score (nSPS) is 14.1. The average Bonchev–Trinajstić information content (AvgIpc) is 2.18. The average molecular weight is 197 g/mol. The monoisotopic (exact) mass is 197 g/mol. The van der Waals surface area contributed by atoms with Crippen LogP contribution in [-0.4, -0.2) is 30.6 Å². The third-order valence-corrected chi connectivity index (χ3v) is 2.57. The highest BCUT2D eigenvalue weighted by Crippen LogP contribution is 2.17. The van der Waals surface area contributed by atoms with Crippen molar-refractivity contribution in [3.8, 4) is 6.07 Å². The Morgan fingerprint density at radius 3 is 2.29 bits per heavy atom. The number of hydrogen-bond donors (Lipinski definition) is 1. The predicted octanol–water partition coefficient (Wildman–Crippen LogP) is 1.60. The van der Waals surface area contributed by atoms with E-state index >= 15 is 0 Å². The van der Waals surface area contributed by atoms with Crippen LogP contribution >= 0.6 is 0 Å². The summed E-state index contributed by atoms with van der Waals surface area (Å²) in [6.45, 7) is 10.9. The molecule has 82 valence electrons. The fourth-order valence-electron chi connectivity index (χ4n) is 1.49. The van der Waals surface area contributed by atoms with Crippen LogP contribution in [0.3, 0.4) is 0 Å². The van der Waals surface area contributed by atoms with E-state index in [-0.39, 0.29) is 11.5 Å². The van der Waals surface area contributed by atoms with Crippen molar-refractivity contribution in [2.24, 2.45) is 11.1 Å². The first-order valence-electron chi connectivity index (χ1n) is 5.34. The molecule has 14 heavy (non-hydrogen) atoms. The Morgan fingerprint density at radius 1 is 1.43 bits per heavy atom. The van der Waals surface area contributed by atoms with Crippen molar-refractivity contribution in [3.05, 3.63) is 0 Å². The Balaban J connectivity index is 4.36. The molecule has 3 heteroatoms. The number of nitrogens with two attached hydrogens (primary N) is 1. The lowest BCUT2D eigenvalue weighted by Gasteiger charge is -2.33. The molecule has 0 aliphatic rings. The zero-order chi connectivity index (χ0) is 11.2. The lowest BCUT2D eigenvalue weighted by molar-refractivity contribution is 0.161. The van der Waals surface area contributed by atoms with Crippen LogP contribution in [0.25, 0.3) is 0 Å². The molecule has 0 fully saturated rings. The van der Waals surface area contributed by atoms with E-state index < -0.39 is 0 Å². The molecule has 0 radical (unpaired) electrons. The molecule has 0 aromatic heterocycles. The van der Waals surface area contributed by atoms with Crippen LogP contribution in [-0.2, 0) is 0 Å². The van der Waals surface area contributed by atoms with E-state index in [4.69, 9.17) is 11.0 Å². The van der Waals surface area contributed by atoms with Crippen LogP contribution < -0.4 is 5.73 Å². The van der Waals surface area contributed by atoms with Gasteiger partial charge < -0.3 is 5.73 Å². The summed E-state index contributed by atoms with van der Waals surface area (Å²) in [6.07, 6.45) is 0.880. The van der Waals surface area contributed by atoms with E-state index in [1.54, 1.807) is 0 Å². The van der Waals surface area contributed by atoms with E-state index in [1.807, 2.05) is 6.92 Å². The second-order valence-corrected chi connectivity index (χ2v) is 4.48. The van der Waals surface area contributed by atoms with Crippen molar-refractivity contribution >= 4 is 0 Å². The van der Waals surface area contributed by atoms with Gasteiger partial charge in [0.25, 0.3) is 0 Å². The molecular weight excluding hydrogens is 174 g/mol. The Morgan fingerprint density at radius 2 is 2.00 bits per heavy atom. The van der Waals surface area contributed by atoms with Crippen molar-refractivity contribution in [3.63, 3.8) is 0 Å². The maximum atomic E-state index is 8.97. The highest BCUT2D eigenvalue weighted by molar-refractivity contribution is 4.92. The van der Waals surface area contributed by atoms with Crippen LogP contribution in [0, 0.1) is 16.7 Å². The van der Waals surface area contributed by atoms with Gasteiger partial charge in [0, 0.05) is 6.54 Å². The molecule has 0 bridgehead atoms. The van der Waals surface area contributed by atoms with E-state index in [1.165, 1.54) is 0 Å². The summed E-state index contributed by atoms with van der Waals surface area (Å²) < 4.78 is 0. The zero-order valence-corrected chi connectivity index (χ0v) is 9.88. The van der Waals surface area contributed by atoms with E-state index in [0.717, 1.165) is 19.5 Å². The van der Waals surface area contributed by atoms with E-state index in [9.17, 15) is 0 Å². The maximum Gasteiger partial charge on any atom is 0.0975 e. The smallest absolute Gasteiger partial charge is 0.0975 e. The molecule has 1 unspecified atom stereocenters. The topological polar surface area (TPSA) is 53.0 Å². The number of rotatable bonds is 6. The van der Waals surface area contributed by atoms with Gasteiger partial charge in [0.2, 0.25) is 0 Å². The SMILES string of the molecule is CCC(C#N)N(CC)CC(C)(C)CN. The van der Waals surface area contributed by atoms with Crippen molar-refractivity contribution in [1.29, 1.82) is 5.26 Å². The summed E-state index contributed by atoms with van der Waals surface area (Å²) in [7, 11) is 0. The maximum absolute atomic E-state index is 8.97. The van der Waals surface area contributed by atoms with Crippen LogP contribution in [0.15, 0.2) is 0 Å². The van der Waals surface area contributed by atoms with Gasteiger partial charge >= 0.3 is 0 Å². The summed E-state index contributed by atoms with van der Waals surface area (Å²) >= 11 is 0. The van der Waals surface area contributed by atoms with Crippen LogP contribution in [0.1, 0.15) is 34.1 Å². The molecule has 0 saturated carbocycles. The standard InChI is InChI=1S/C11H23N3/c1-5-10(7-12)14(6-2)9-11(3,4)8-13/h10H,5-6,8-9,13H2,1-4H3. The quantitative estimate of drug-likeness (QED) is 0.703. The Labute approximate surface area is 87.9 Å². The highest BCUT2D eigenvalue weighted by Gasteiger charge is 2.23. The Hall–Kier alpha value is -0.590. The van der Waals surface area contributed by atoms with Gasteiger partial charge in [-0.05, 0) is 24.9 Å². The van der Waals surface area contributed by atoms with E-state index in [2.05, 4.69) is 31.7 Å². The Kier molecular flexibility index (Phi) is 5.75. The fourth-order valence-corrected chi connectivity index (χ4v) is 1.49. The summed E-state index contributed by atoms with van der Waals surface area (Å²) in [5, 5.41) is 8.97. The van der Waals surface area contributed by atoms with Crippen molar-refractivity contribution in [2.45, 2.75) is 40.2 Å². The summed E-state index contributed by atoms with van der Waals surface area (Å²) in [5.41, 5.74) is 5.78. The van der Waals surface area contributed by atoms with Gasteiger partial charge in [-0.25, -0.2) is 0 Å². The molecule has 0 aromatic carbocycles. The third-order valence-electron chi connectivity index (χ3n) is 2.57. The number of hydrogen-bond acceptors (Lipinski definition) is 3. The van der Waals surface area contributed by atoms with Crippen LogP contribution in [0.4, 0.5) is 0 Å². The summed E-state index contributed by atoms with van der Waals surface area (Å²) in [4.78, 5) is 2.20. The van der Waals surface area contributed by atoms with Gasteiger partial charge in [-0.1, -0.05) is 27.7 Å². The minimum atomic E-state index is 0.0332. The molecule has 0 rings (SSSR count). The predicted molar refractivity (Wildman–Crippen MR) is 59.8 cm³/mol. The first kappa shape index (κ1) is 13.4. The van der Waals surface area contributed by atoms with E-state index in [0.29, 0.717) is 6.54 Å². The first-order chi connectivity index (χ1) is 6.50. The van der Waals surface area contributed by atoms with Gasteiger partial charge in [0.05, 0.1) is 12.1 Å². The lowest BCUT2D eigenvalue weighted by Crippen LogP contribution is -2.43. The number of nitriles is 1. The summed E-state index contributed by atoms with van der Waals surface area (Å²) in [5.74, 6) is 0. The molecule has 3 nitrogen and oxygen atoms in total. The third kappa shape index (κ3) is 4.08. The van der Waals surface area contributed by atoms with Crippen LogP contribution in [0.5, 0.6) is 0 Å². The molecular formula is C11H23N3. The fraction of sp³-hybridized carbons (Fsp3) is 0.909. The van der Waals surface area contributed by atoms with Crippen LogP contribution in [0.2, 0.25) is 0 Å². The molecule has 0 aliphatic heterocycles. The van der Waals surface area contributed by atoms with Gasteiger partial charge in [-0.2, -0.15) is 5.26 Å². The highest BCUT2D eigenvalue weighted by atomic mass is 15.2. The zero-order valence-electron chi connectivity index (χ0n) is 9.88. The molecule has 2 N–H and O–H groups in total. The molecule has 1 atom stereocenters. The Bertz CT molecular complexity index is 193. The minimum Gasteiger partial charge on any atom is -0.330 e. The van der Waals surface area contributed by atoms with Gasteiger partial charge in [0.1, 0.15) is 0 Å². The second-order valence-electron chi connectivity index (χ2n) is 4.48. The number of nitrogens with zero attached hydrogens (tertiary/aromatic N) is 2. The largest absolute Gasteiger partial charge is 0.330 e. The van der Waals surface area contributed by atoms with Crippen molar-refractivity contribution < 1.29 is 0 Å². The molecule has 0 amide bonds. The summed E-state index contributed by atoms with van der Waals surface area (Å²) in [6, 6.07) is 2.37. The molecule has 0 aliphatic carbocycles. The molecule has 0 heterocycles. The van der Waals surface area contributed by atoms with Gasteiger partial charge in [-0.15, -0.1) is 0 Å². The molecule has 0 saturated heterocycles. The van der Waals surface area contributed by atoms with Gasteiger partial charge in [0.15, 0.2) is 0 Å². The lowest BCUT2D eigenvalue weighted by atomic mass is 9.92. The van der Waals surface area contributed by atoms with Crippen molar-refractivity contribution in [2.75, 3.05) is 19.6 Å². The molecule has 0 spiro atoms. The first-order valence-corrected chi connectivity index (χ1v) is 5.34.